The van der Waals surface area contributed by atoms with E-state index in [0.717, 1.165) is 55.2 Å². The van der Waals surface area contributed by atoms with Crippen molar-refractivity contribution in [2.45, 2.75) is 13.0 Å². The van der Waals surface area contributed by atoms with Gasteiger partial charge in [0.05, 0.1) is 12.6 Å². The minimum Gasteiger partial charge on any atom is -0.492 e. The molecule has 1 fully saturated rings. The van der Waals surface area contributed by atoms with Crippen molar-refractivity contribution in [1.29, 1.82) is 0 Å². The van der Waals surface area contributed by atoms with Gasteiger partial charge in [-0.25, -0.2) is 0 Å². The highest BCUT2D eigenvalue weighted by Gasteiger charge is 2.20. The Bertz CT molecular complexity index is 915. The zero-order valence-corrected chi connectivity index (χ0v) is 17.4. The maximum absolute atomic E-state index is 12.5. The summed E-state index contributed by atoms with van der Waals surface area (Å²) in [5, 5.41) is 4.12. The number of carbonyl (C=O) groups excluding carboxylic acids is 1. The molecular formula is C24H29N3O3. The lowest BCUT2D eigenvalue weighted by atomic mass is 10.2. The fourth-order valence-corrected chi connectivity index (χ4v) is 3.76. The molecule has 4 rings (SSSR count). The first-order valence-electron chi connectivity index (χ1n) is 10.6. The Morgan fingerprint density at radius 3 is 2.50 bits per heavy atom. The number of carbonyl (C=O) groups is 1. The van der Waals surface area contributed by atoms with Crippen molar-refractivity contribution in [2.24, 2.45) is 0 Å². The van der Waals surface area contributed by atoms with Crippen molar-refractivity contribution < 1.29 is 13.9 Å². The Labute approximate surface area is 177 Å². The van der Waals surface area contributed by atoms with Crippen LogP contribution in [0.3, 0.4) is 0 Å². The summed E-state index contributed by atoms with van der Waals surface area (Å²) >= 11 is 0. The minimum atomic E-state index is -0.152. The van der Waals surface area contributed by atoms with Crippen molar-refractivity contribution in [1.82, 2.24) is 15.1 Å². The number of nitrogens with zero attached hydrogens (tertiary/aromatic N) is 2. The molecule has 0 radical (unpaired) electrons. The van der Waals surface area contributed by atoms with Crippen LogP contribution in [0.1, 0.15) is 18.7 Å². The third-order valence-corrected chi connectivity index (χ3v) is 5.50. The molecule has 0 bridgehead atoms. The van der Waals surface area contributed by atoms with Gasteiger partial charge >= 0.3 is 0 Å². The third kappa shape index (κ3) is 5.40. The summed E-state index contributed by atoms with van der Waals surface area (Å²) in [6.07, 6.45) is 0. The number of hydrogen-bond acceptors (Lipinski definition) is 5. The van der Waals surface area contributed by atoms with Gasteiger partial charge in [-0.2, -0.15) is 0 Å². The van der Waals surface area contributed by atoms with Crippen molar-refractivity contribution >= 4 is 16.9 Å². The molecule has 0 spiro atoms. The summed E-state index contributed by atoms with van der Waals surface area (Å²) < 4.78 is 11.6. The normalized spacial score (nSPS) is 16.4. The highest BCUT2D eigenvalue weighted by atomic mass is 16.5. The second-order valence-corrected chi connectivity index (χ2v) is 7.76. The van der Waals surface area contributed by atoms with E-state index in [0.29, 0.717) is 13.2 Å². The zero-order chi connectivity index (χ0) is 20.8. The van der Waals surface area contributed by atoms with Crippen molar-refractivity contribution in [3.8, 4) is 5.75 Å². The van der Waals surface area contributed by atoms with Crippen LogP contribution in [0.4, 0.5) is 0 Å². The summed E-state index contributed by atoms with van der Waals surface area (Å²) in [5.41, 5.74) is 0.848. The molecule has 1 aliphatic heterocycles. The van der Waals surface area contributed by atoms with Gasteiger partial charge in [-0.15, -0.1) is 0 Å². The quantitative estimate of drug-likeness (QED) is 0.621. The molecule has 2 heterocycles. The Balaban J connectivity index is 1.17. The van der Waals surface area contributed by atoms with Gasteiger partial charge in [0.2, 0.25) is 5.91 Å². The van der Waals surface area contributed by atoms with Gasteiger partial charge < -0.3 is 14.5 Å². The SMILES string of the molecule is C[C@@H](NC(=O)CN1CCN(CCOc2ccccc2)CC1)c1cc2ccccc2o1. The lowest BCUT2D eigenvalue weighted by molar-refractivity contribution is -0.123. The first-order chi connectivity index (χ1) is 14.7. The molecule has 0 unspecified atom stereocenters. The summed E-state index contributed by atoms with van der Waals surface area (Å²) in [5.74, 6) is 1.72. The van der Waals surface area contributed by atoms with Gasteiger partial charge in [-0.1, -0.05) is 36.4 Å². The highest BCUT2D eigenvalue weighted by Crippen LogP contribution is 2.23. The first kappa shape index (κ1) is 20.4. The topological polar surface area (TPSA) is 58.0 Å². The first-order valence-corrected chi connectivity index (χ1v) is 10.6. The number of nitrogens with one attached hydrogen (secondary N) is 1. The van der Waals surface area contributed by atoms with E-state index in [1.54, 1.807) is 0 Å². The van der Waals surface area contributed by atoms with Crippen LogP contribution in [0, 0.1) is 0 Å². The summed E-state index contributed by atoms with van der Waals surface area (Å²) in [6.45, 7) is 7.63. The number of fused-ring (bicyclic) bond motifs is 1. The van der Waals surface area contributed by atoms with E-state index in [-0.39, 0.29) is 11.9 Å². The van der Waals surface area contributed by atoms with Gasteiger partial charge in [0, 0.05) is 38.1 Å². The average Bonchev–Trinajstić information content (AvgIpc) is 3.20. The van der Waals surface area contributed by atoms with E-state index in [4.69, 9.17) is 9.15 Å². The Kier molecular flexibility index (Phi) is 6.67. The maximum atomic E-state index is 12.5. The minimum absolute atomic E-state index is 0.0313. The smallest absolute Gasteiger partial charge is 0.234 e. The van der Waals surface area contributed by atoms with Gasteiger partial charge in [0.25, 0.3) is 0 Å². The van der Waals surface area contributed by atoms with Crippen LogP contribution in [-0.2, 0) is 4.79 Å². The van der Waals surface area contributed by atoms with Crippen molar-refractivity contribution in [3.05, 3.63) is 66.4 Å². The number of ether oxygens (including phenoxy) is 1. The summed E-state index contributed by atoms with van der Waals surface area (Å²) in [4.78, 5) is 17.1. The van der Waals surface area contributed by atoms with Crippen LogP contribution < -0.4 is 10.1 Å². The second-order valence-electron chi connectivity index (χ2n) is 7.76. The Morgan fingerprint density at radius 2 is 1.73 bits per heavy atom. The monoisotopic (exact) mass is 407 g/mol. The van der Waals surface area contributed by atoms with Crippen LogP contribution in [-0.4, -0.2) is 61.6 Å². The molecule has 30 heavy (non-hydrogen) atoms. The molecule has 158 valence electrons. The van der Waals surface area contributed by atoms with Crippen molar-refractivity contribution in [2.75, 3.05) is 45.9 Å². The fraction of sp³-hybridized carbons (Fsp3) is 0.375. The molecule has 1 saturated heterocycles. The predicted molar refractivity (Wildman–Crippen MR) is 118 cm³/mol. The molecule has 6 nitrogen and oxygen atoms in total. The zero-order valence-electron chi connectivity index (χ0n) is 17.4. The molecule has 1 aliphatic rings. The molecule has 0 aliphatic carbocycles. The van der Waals surface area contributed by atoms with E-state index in [9.17, 15) is 4.79 Å². The van der Waals surface area contributed by atoms with Crippen LogP contribution in [0.15, 0.2) is 65.1 Å². The molecule has 1 atom stereocenters. The second kappa shape index (κ2) is 9.78. The van der Waals surface area contributed by atoms with E-state index >= 15 is 0 Å². The van der Waals surface area contributed by atoms with E-state index < -0.39 is 0 Å². The van der Waals surface area contributed by atoms with Crippen LogP contribution in [0.5, 0.6) is 5.75 Å². The Morgan fingerprint density at radius 1 is 1.03 bits per heavy atom. The summed E-state index contributed by atoms with van der Waals surface area (Å²) in [7, 11) is 0. The van der Waals surface area contributed by atoms with Gasteiger partial charge in [-0.3, -0.25) is 14.6 Å². The highest BCUT2D eigenvalue weighted by molar-refractivity contribution is 5.80. The third-order valence-electron chi connectivity index (χ3n) is 5.50. The van der Waals surface area contributed by atoms with Crippen LogP contribution >= 0.6 is 0 Å². The van der Waals surface area contributed by atoms with E-state index in [1.165, 1.54) is 0 Å². The number of amides is 1. The van der Waals surface area contributed by atoms with Crippen LogP contribution in [0.2, 0.25) is 0 Å². The van der Waals surface area contributed by atoms with Gasteiger partial charge in [-0.05, 0) is 31.2 Å². The number of para-hydroxylation sites is 2. The molecule has 0 saturated carbocycles. The number of piperazine rings is 1. The van der Waals surface area contributed by atoms with Gasteiger partial charge in [0.1, 0.15) is 23.7 Å². The largest absolute Gasteiger partial charge is 0.492 e. The number of furan rings is 1. The number of hydrogen-bond donors (Lipinski definition) is 1. The lowest BCUT2D eigenvalue weighted by Gasteiger charge is -2.34. The number of rotatable bonds is 8. The molecule has 1 N–H and O–H groups in total. The van der Waals surface area contributed by atoms with E-state index in [1.807, 2.05) is 67.6 Å². The summed E-state index contributed by atoms with van der Waals surface area (Å²) in [6, 6.07) is 19.6. The molecule has 6 heteroatoms. The molecular weight excluding hydrogens is 378 g/mol. The standard InChI is InChI=1S/C24H29N3O3/c1-19(23-17-20-7-5-6-10-22(20)30-23)25-24(28)18-27-13-11-26(12-14-27)15-16-29-21-8-3-2-4-9-21/h2-10,17,19H,11-16,18H2,1H3,(H,25,28)/t19-/m1/s1. The Hall–Kier alpha value is -2.83. The number of benzene rings is 2. The fourth-order valence-electron chi connectivity index (χ4n) is 3.76. The van der Waals surface area contributed by atoms with E-state index in [2.05, 4.69) is 15.1 Å². The molecule has 2 aromatic carbocycles. The van der Waals surface area contributed by atoms with Crippen LogP contribution in [0.25, 0.3) is 11.0 Å². The molecule has 1 amide bonds. The van der Waals surface area contributed by atoms with Crippen molar-refractivity contribution in [3.63, 3.8) is 0 Å². The van der Waals surface area contributed by atoms with Gasteiger partial charge in [0.15, 0.2) is 0 Å². The maximum Gasteiger partial charge on any atom is 0.234 e. The molecule has 3 aromatic rings. The average molecular weight is 408 g/mol. The lowest BCUT2D eigenvalue weighted by Crippen LogP contribution is -2.50. The predicted octanol–water partition coefficient (Wildman–Crippen LogP) is 3.31. The molecule has 1 aromatic heterocycles.